The van der Waals surface area contributed by atoms with E-state index < -0.39 is 0 Å². The van der Waals surface area contributed by atoms with Gasteiger partial charge in [-0.15, -0.1) is 112 Å². The minimum atomic E-state index is 0.802. The molecule has 0 radical (unpaired) electrons. The zero-order valence-electron chi connectivity index (χ0n) is 27.6. The molecule has 0 spiro atoms. The zero-order chi connectivity index (χ0) is 35.8. The van der Waals surface area contributed by atoms with Gasteiger partial charge < -0.3 is 5.73 Å². The van der Waals surface area contributed by atoms with E-state index in [9.17, 15) is 0 Å². The Balaban J connectivity index is 0.892. The minimum absolute atomic E-state index is 0.802. The monoisotopic (exact) mass is 888 g/mol. The highest BCUT2D eigenvalue weighted by Crippen LogP contribution is 2.55. The summed E-state index contributed by atoms with van der Waals surface area (Å²) in [5, 5.41) is 10.7. The molecule has 15 heteroatoms. The lowest BCUT2D eigenvalue weighted by Gasteiger charge is -1.98. The van der Waals surface area contributed by atoms with E-state index in [1.165, 1.54) is 107 Å². The summed E-state index contributed by atoms with van der Waals surface area (Å²) >= 11 is 19.1. The Labute approximate surface area is 350 Å². The Bertz CT molecular complexity index is 2820. The first kappa shape index (κ1) is 34.8. The Morgan fingerprint density at radius 1 is 0.453 bits per heavy atom. The number of nitrogens with two attached hydrogens (primary N) is 2. The van der Waals surface area contributed by atoms with E-state index >= 15 is 0 Å². The molecule has 0 saturated heterocycles. The second kappa shape index (κ2) is 14.1. The predicted molar refractivity (Wildman–Crippen MR) is 245 cm³/mol. The van der Waals surface area contributed by atoms with E-state index in [1.807, 2.05) is 79.4 Å². The van der Waals surface area contributed by atoms with Gasteiger partial charge in [-0.3, -0.25) is 5.14 Å². The summed E-state index contributed by atoms with van der Waals surface area (Å²) in [6.07, 6.45) is 0. The van der Waals surface area contributed by atoms with Crippen molar-refractivity contribution in [2.45, 2.75) is 23.6 Å². The van der Waals surface area contributed by atoms with Gasteiger partial charge in [-0.05, 0) is 111 Å². The third-order valence-corrected chi connectivity index (χ3v) is 21.3. The summed E-state index contributed by atoms with van der Waals surface area (Å²) < 4.78 is 4.47. The highest BCUT2D eigenvalue weighted by Gasteiger charge is 2.24. The second-order valence-corrected chi connectivity index (χ2v) is 23.5. The van der Waals surface area contributed by atoms with E-state index in [-0.39, 0.29) is 0 Å². The number of hydrogen-bond donors (Lipinski definition) is 2. The van der Waals surface area contributed by atoms with Crippen LogP contribution >= 0.6 is 126 Å². The summed E-state index contributed by atoms with van der Waals surface area (Å²) in [6.45, 7) is 4.30. The fourth-order valence-corrected chi connectivity index (χ4v) is 17.6. The van der Waals surface area contributed by atoms with Gasteiger partial charge in [0, 0.05) is 85.1 Å². The molecule has 4 N–H and O–H groups in total. The van der Waals surface area contributed by atoms with Crippen molar-refractivity contribution in [2.24, 2.45) is 14.8 Å². The van der Waals surface area contributed by atoms with Gasteiger partial charge in [-0.2, -0.15) is 0 Å². The highest BCUT2D eigenvalue weighted by atomic mass is 32.2. The van der Waals surface area contributed by atoms with Crippen molar-refractivity contribution in [3.05, 3.63) is 94.7 Å². The molecule has 1 aliphatic rings. The van der Waals surface area contributed by atoms with Crippen LogP contribution in [0, 0.1) is 13.8 Å². The van der Waals surface area contributed by atoms with Crippen LogP contribution in [0.25, 0.3) is 78.0 Å². The Hall–Kier alpha value is -2.64. The number of anilines is 1. The SMILES string of the molecule is Cc1ccc(-c2cc(SN)c(-c3sc(-c4ccc(-c5ccc(-c6ccc(-c7cc8c(s7)-c7sc(-c9ccc(C)s9)cc7SN=N8)s6)s5)s4)cc3N)s2)s1. The third kappa shape index (κ3) is 6.51. The van der Waals surface area contributed by atoms with E-state index in [0.717, 1.165) is 26.0 Å². The summed E-state index contributed by atoms with van der Waals surface area (Å²) in [5.74, 6) is 0. The van der Waals surface area contributed by atoms with Gasteiger partial charge >= 0.3 is 0 Å². The van der Waals surface area contributed by atoms with Crippen molar-refractivity contribution in [3.63, 3.8) is 0 Å². The topological polar surface area (TPSA) is 76.8 Å². The molecule has 0 atom stereocenters. The number of nitrogen functional groups attached to an aromatic ring is 1. The number of nitrogens with zero attached hydrogens (tertiary/aromatic N) is 2. The summed E-state index contributed by atoms with van der Waals surface area (Å²) in [5.41, 5.74) is 8.43. The smallest absolute Gasteiger partial charge is 0.106 e. The summed E-state index contributed by atoms with van der Waals surface area (Å²) in [7, 11) is 0. The standard InChI is InChI=1S/C38H24N4S11/c1-17-3-5-25(43-17)31-15-33(52-40)37(50-31)35-19(39)13-29(48-35)27-11-9-23(46-27)21-7-8-22(45-21)24-10-12-28(47-24)30-14-20-36(49-30)38-34(53-42-41-20)16-32(51-38)26-6-4-18(2)44-26/h3-16H,39-40H2,1-2H3. The van der Waals surface area contributed by atoms with Gasteiger partial charge in [-0.1, -0.05) is 0 Å². The molecule has 53 heavy (non-hydrogen) atoms. The van der Waals surface area contributed by atoms with Crippen LogP contribution < -0.4 is 10.9 Å². The second-order valence-electron chi connectivity index (χ2n) is 12.0. The average molecular weight is 889 g/mol. The summed E-state index contributed by atoms with van der Waals surface area (Å²) in [4.78, 5) is 24.7. The van der Waals surface area contributed by atoms with Gasteiger partial charge in [-0.25, -0.2) is 0 Å². The molecule has 0 amide bonds. The number of thiophene rings is 9. The normalized spacial score (nSPS) is 12.4. The van der Waals surface area contributed by atoms with Crippen LogP contribution in [0.15, 0.2) is 104 Å². The maximum atomic E-state index is 6.66. The quantitative estimate of drug-likeness (QED) is 0.149. The van der Waals surface area contributed by atoms with Crippen molar-refractivity contribution in [2.75, 3.05) is 5.73 Å². The average Bonchev–Trinajstić information content (AvgIpc) is 4.00. The lowest BCUT2D eigenvalue weighted by atomic mass is 10.3. The molecule has 10 rings (SSSR count). The molecule has 4 nitrogen and oxygen atoms in total. The van der Waals surface area contributed by atoms with Gasteiger partial charge in [0.15, 0.2) is 0 Å². The molecule has 0 bridgehead atoms. The molecule has 262 valence electrons. The predicted octanol–water partition coefficient (Wildman–Crippen LogP) is 16.8. The van der Waals surface area contributed by atoms with Gasteiger partial charge in [0.2, 0.25) is 0 Å². The lowest BCUT2D eigenvalue weighted by molar-refractivity contribution is 1.36. The molecule has 1 aliphatic heterocycles. The third-order valence-electron chi connectivity index (χ3n) is 8.45. The largest absolute Gasteiger partial charge is 0.398 e. The van der Waals surface area contributed by atoms with E-state index in [1.54, 1.807) is 22.7 Å². The van der Waals surface area contributed by atoms with Crippen LogP contribution in [0.1, 0.15) is 9.75 Å². The molecule has 0 aliphatic carbocycles. The first-order valence-corrected chi connectivity index (χ1v) is 25.1. The number of aryl methyl sites for hydroxylation is 2. The highest BCUT2D eigenvalue weighted by molar-refractivity contribution is 7.98. The zero-order valence-corrected chi connectivity index (χ0v) is 36.6. The first-order valence-electron chi connectivity index (χ1n) is 16.1. The van der Waals surface area contributed by atoms with Crippen LogP contribution in [0.2, 0.25) is 0 Å². The Morgan fingerprint density at radius 3 is 1.47 bits per heavy atom. The van der Waals surface area contributed by atoms with E-state index in [4.69, 9.17) is 10.9 Å². The fraction of sp³-hybridized carbons (Fsp3) is 0.0526. The molecule has 0 aromatic carbocycles. The molecular weight excluding hydrogens is 865 g/mol. The number of fused-ring (bicyclic) bond motifs is 3. The van der Waals surface area contributed by atoms with Gasteiger partial charge in [0.1, 0.15) is 5.69 Å². The molecule has 0 unspecified atom stereocenters. The lowest BCUT2D eigenvalue weighted by Crippen LogP contribution is -1.84. The summed E-state index contributed by atoms with van der Waals surface area (Å²) in [6, 6.07) is 31.1. The maximum absolute atomic E-state index is 6.66. The van der Waals surface area contributed by atoms with Crippen molar-refractivity contribution in [1.29, 1.82) is 0 Å². The van der Waals surface area contributed by atoms with Crippen molar-refractivity contribution in [3.8, 4) is 78.0 Å². The van der Waals surface area contributed by atoms with Gasteiger partial charge in [0.25, 0.3) is 0 Å². The van der Waals surface area contributed by atoms with Crippen LogP contribution in [0.5, 0.6) is 0 Å². The first-order chi connectivity index (χ1) is 25.9. The Kier molecular flexibility index (Phi) is 9.29. The Morgan fingerprint density at radius 2 is 0.906 bits per heavy atom. The van der Waals surface area contributed by atoms with Crippen molar-refractivity contribution < 1.29 is 0 Å². The van der Waals surface area contributed by atoms with Crippen molar-refractivity contribution in [1.82, 2.24) is 0 Å². The van der Waals surface area contributed by atoms with Crippen molar-refractivity contribution >= 4 is 137 Å². The maximum Gasteiger partial charge on any atom is 0.106 e. The molecule has 9 aromatic rings. The van der Waals surface area contributed by atoms with E-state index in [2.05, 4.69) is 108 Å². The molecule has 0 saturated carbocycles. The minimum Gasteiger partial charge on any atom is -0.398 e. The number of rotatable bonds is 8. The van der Waals surface area contributed by atoms with Crippen LogP contribution in [0.3, 0.4) is 0 Å². The number of hydrogen-bond acceptors (Lipinski definition) is 15. The molecule has 0 fully saturated rings. The van der Waals surface area contributed by atoms with Crippen LogP contribution in [-0.2, 0) is 0 Å². The molecule has 9 aromatic heterocycles. The molecular formula is C38H24N4S11. The van der Waals surface area contributed by atoms with E-state index in [0.29, 0.717) is 0 Å². The fourth-order valence-electron chi connectivity index (χ4n) is 5.96. The van der Waals surface area contributed by atoms with Crippen LogP contribution in [-0.4, -0.2) is 0 Å². The molecule has 10 heterocycles. The van der Waals surface area contributed by atoms with Gasteiger partial charge in [0.05, 0.1) is 30.1 Å². The van der Waals surface area contributed by atoms with Crippen LogP contribution in [0.4, 0.5) is 11.4 Å².